The lowest BCUT2D eigenvalue weighted by atomic mass is 9.86. The van der Waals surface area contributed by atoms with Crippen LogP contribution in [0.1, 0.15) is 55.1 Å². The van der Waals surface area contributed by atoms with Gasteiger partial charge in [-0.25, -0.2) is 4.98 Å². The van der Waals surface area contributed by atoms with E-state index >= 15 is 0 Å². The van der Waals surface area contributed by atoms with E-state index < -0.39 is 0 Å². The average molecular weight is 210 g/mol. The lowest BCUT2D eigenvalue weighted by Gasteiger charge is -2.22. The Labute approximate surface area is 89.5 Å². The summed E-state index contributed by atoms with van der Waals surface area (Å²) in [6, 6.07) is 0. The zero-order valence-corrected chi connectivity index (χ0v) is 9.52. The SMILES string of the molecule is CC(CCN)c1csc(C2CCC2)n1. The number of hydrogen-bond acceptors (Lipinski definition) is 3. The first-order valence-electron chi connectivity index (χ1n) is 5.46. The molecule has 1 aliphatic rings. The molecular weight excluding hydrogens is 192 g/mol. The molecule has 0 bridgehead atoms. The molecule has 1 aromatic heterocycles. The van der Waals surface area contributed by atoms with E-state index in [1.165, 1.54) is 30.0 Å². The fourth-order valence-electron chi connectivity index (χ4n) is 1.77. The quantitative estimate of drug-likeness (QED) is 0.830. The first-order valence-corrected chi connectivity index (χ1v) is 6.34. The maximum absolute atomic E-state index is 5.55. The fraction of sp³-hybridized carbons (Fsp3) is 0.727. The van der Waals surface area contributed by atoms with Crippen LogP contribution in [0.3, 0.4) is 0 Å². The summed E-state index contributed by atoms with van der Waals surface area (Å²) >= 11 is 1.84. The summed E-state index contributed by atoms with van der Waals surface area (Å²) in [6.45, 7) is 2.98. The van der Waals surface area contributed by atoms with Gasteiger partial charge in [-0.15, -0.1) is 11.3 Å². The Balaban J connectivity index is 2.01. The zero-order chi connectivity index (χ0) is 9.97. The molecule has 0 amide bonds. The number of rotatable bonds is 4. The molecule has 14 heavy (non-hydrogen) atoms. The third kappa shape index (κ3) is 1.98. The molecular formula is C11H18N2S. The van der Waals surface area contributed by atoms with E-state index in [0.717, 1.165) is 18.9 Å². The molecule has 2 N–H and O–H groups in total. The molecule has 1 fully saturated rings. The van der Waals surface area contributed by atoms with Gasteiger partial charge in [-0.05, 0) is 25.8 Å². The van der Waals surface area contributed by atoms with Crippen molar-refractivity contribution in [2.24, 2.45) is 5.73 Å². The van der Waals surface area contributed by atoms with Crippen molar-refractivity contribution in [2.75, 3.05) is 6.54 Å². The Kier molecular flexibility index (Phi) is 3.19. The van der Waals surface area contributed by atoms with Gasteiger partial charge in [0.2, 0.25) is 0 Å². The molecule has 3 heteroatoms. The second-order valence-corrected chi connectivity index (χ2v) is 5.11. The summed E-state index contributed by atoms with van der Waals surface area (Å²) in [6.07, 6.45) is 5.13. The van der Waals surface area contributed by atoms with Crippen molar-refractivity contribution in [2.45, 2.75) is 44.4 Å². The van der Waals surface area contributed by atoms with Crippen LogP contribution >= 0.6 is 11.3 Å². The first-order chi connectivity index (χ1) is 6.81. The monoisotopic (exact) mass is 210 g/mol. The van der Waals surface area contributed by atoms with Crippen LogP contribution in [0.4, 0.5) is 0 Å². The summed E-state index contributed by atoms with van der Waals surface area (Å²) < 4.78 is 0. The van der Waals surface area contributed by atoms with Gasteiger partial charge < -0.3 is 5.73 Å². The molecule has 1 unspecified atom stereocenters. The predicted octanol–water partition coefficient (Wildman–Crippen LogP) is 2.86. The van der Waals surface area contributed by atoms with Crippen LogP contribution in [0.5, 0.6) is 0 Å². The number of aromatic nitrogens is 1. The number of hydrogen-bond donors (Lipinski definition) is 1. The normalized spacial score (nSPS) is 19.3. The van der Waals surface area contributed by atoms with E-state index in [1.807, 2.05) is 11.3 Å². The Morgan fingerprint density at radius 1 is 1.64 bits per heavy atom. The molecule has 0 spiro atoms. The van der Waals surface area contributed by atoms with Crippen molar-refractivity contribution >= 4 is 11.3 Å². The highest BCUT2D eigenvalue weighted by atomic mass is 32.1. The third-order valence-electron chi connectivity index (χ3n) is 3.10. The van der Waals surface area contributed by atoms with Gasteiger partial charge in [-0.3, -0.25) is 0 Å². The van der Waals surface area contributed by atoms with Crippen molar-refractivity contribution in [3.05, 3.63) is 16.1 Å². The Hall–Kier alpha value is -0.410. The molecule has 0 radical (unpaired) electrons. The van der Waals surface area contributed by atoms with Crippen LogP contribution in [0.2, 0.25) is 0 Å². The van der Waals surface area contributed by atoms with Gasteiger partial charge in [-0.1, -0.05) is 13.3 Å². The molecule has 78 valence electrons. The highest BCUT2D eigenvalue weighted by Gasteiger charge is 2.23. The van der Waals surface area contributed by atoms with Crippen LogP contribution in [0.25, 0.3) is 0 Å². The molecule has 0 saturated heterocycles. The summed E-state index contributed by atoms with van der Waals surface area (Å²) in [5.41, 5.74) is 6.80. The second-order valence-electron chi connectivity index (χ2n) is 4.22. The van der Waals surface area contributed by atoms with Crippen LogP contribution in [-0.4, -0.2) is 11.5 Å². The highest BCUT2D eigenvalue weighted by molar-refractivity contribution is 7.09. The summed E-state index contributed by atoms with van der Waals surface area (Å²) in [4.78, 5) is 4.71. The number of thiazole rings is 1. The lowest BCUT2D eigenvalue weighted by molar-refractivity contribution is 0.417. The van der Waals surface area contributed by atoms with Crippen molar-refractivity contribution in [1.29, 1.82) is 0 Å². The zero-order valence-electron chi connectivity index (χ0n) is 8.70. The Morgan fingerprint density at radius 2 is 2.43 bits per heavy atom. The van der Waals surface area contributed by atoms with Gasteiger partial charge in [0.15, 0.2) is 0 Å². The van der Waals surface area contributed by atoms with E-state index in [-0.39, 0.29) is 0 Å². The van der Waals surface area contributed by atoms with Gasteiger partial charge >= 0.3 is 0 Å². The molecule has 1 aromatic rings. The van der Waals surface area contributed by atoms with Gasteiger partial charge in [0, 0.05) is 17.2 Å². The van der Waals surface area contributed by atoms with Crippen LogP contribution < -0.4 is 5.73 Å². The molecule has 1 atom stereocenters. The Morgan fingerprint density at radius 3 is 3.00 bits per heavy atom. The van der Waals surface area contributed by atoms with E-state index in [0.29, 0.717) is 5.92 Å². The molecule has 1 saturated carbocycles. The smallest absolute Gasteiger partial charge is 0.0959 e. The fourth-order valence-corrected chi connectivity index (χ4v) is 2.88. The van der Waals surface area contributed by atoms with E-state index in [4.69, 9.17) is 10.7 Å². The van der Waals surface area contributed by atoms with Crippen LogP contribution in [0.15, 0.2) is 5.38 Å². The van der Waals surface area contributed by atoms with Crippen LogP contribution in [-0.2, 0) is 0 Å². The molecule has 1 heterocycles. The van der Waals surface area contributed by atoms with Crippen molar-refractivity contribution in [3.8, 4) is 0 Å². The second kappa shape index (κ2) is 4.41. The van der Waals surface area contributed by atoms with E-state index in [1.54, 1.807) is 0 Å². The standard InChI is InChI=1S/C11H18N2S/c1-8(5-6-12)10-7-14-11(13-10)9-3-2-4-9/h7-9H,2-6,12H2,1H3. The van der Waals surface area contributed by atoms with Gasteiger partial charge in [0.1, 0.15) is 0 Å². The Bertz CT molecular complexity index is 291. The minimum atomic E-state index is 0.532. The molecule has 2 rings (SSSR count). The number of nitrogens with two attached hydrogens (primary N) is 1. The highest BCUT2D eigenvalue weighted by Crippen LogP contribution is 2.38. The average Bonchev–Trinajstić information content (AvgIpc) is 2.50. The van der Waals surface area contributed by atoms with Gasteiger partial charge in [-0.2, -0.15) is 0 Å². The predicted molar refractivity (Wildman–Crippen MR) is 60.8 cm³/mol. The molecule has 0 aromatic carbocycles. The largest absolute Gasteiger partial charge is 0.330 e. The van der Waals surface area contributed by atoms with Crippen LogP contribution in [0, 0.1) is 0 Å². The summed E-state index contributed by atoms with van der Waals surface area (Å²) in [5.74, 6) is 1.31. The van der Waals surface area contributed by atoms with Crippen molar-refractivity contribution in [1.82, 2.24) is 4.98 Å². The lowest BCUT2D eigenvalue weighted by Crippen LogP contribution is -2.09. The van der Waals surface area contributed by atoms with Gasteiger partial charge in [0.25, 0.3) is 0 Å². The number of nitrogens with zero attached hydrogens (tertiary/aromatic N) is 1. The van der Waals surface area contributed by atoms with E-state index in [9.17, 15) is 0 Å². The summed E-state index contributed by atoms with van der Waals surface area (Å²) in [7, 11) is 0. The first kappa shape index (κ1) is 10.1. The molecule has 1 aliphatic carbocycles. The molecule has 0 aliphatic heterocycles. The molecule has 2 nitrogen and oxygen atoms in total. The maximum Gasteiger partial charge on any atom is 0.0959 e. The minimum Gasteiger partial charge on any atom is -0.330 e. The summed E-state index contributed by atoms with van der Waals surface area (Å²) in [5, 5.41) is 3.57. The van der Waals surface area contributed by atoms with Gasteiger partial charge in [0.05, 0.1) is 10.7 Å². The van der Waals surface area contributed by atoms with Crippen molar-refractivity contribution in [3.63, 3.8) is 0 Å². The minimum absolute atomic E-state index is 0.532. The van der Waals surface area contributed by atoms with E-state index in [2.05, 4.69) is 12.3 Å². The maximum atomic E-state index is 5.55. The van der Waals surface area contributed by atoms with Crippen molar-refractivity contribution < 1.29 is 0 Å². The third-order valence-corrected chi connectivity index (χ3v) is 4.12. The topological polar surface area (TPSA) is 38.9 Å².